The van der Waals surface area contributed by atoms with Gasteiger partial charge in [-0.1, -0.05) is 30.3 Å². The first-order valence-electron chi connectivity index (χ1n) is 6.78. The quantitative estimate of drug-likeness (QED) is 0.747. The molecule has 0 saturated carbocycles. The Morgan fingerprint density at radius 1 is 1.32 bits per heavy atom. The van der Waals surface area contributed by atoms with Gasteiger partial charge in [0.25, 0.3) is 0 Å². The van der Waals surface area contributed by atoms with Crippen LogP contribution in [0, 0.1) is 6.92 Å². The highest BCUT2D eigenvalue weighted by Crippen LogP contribution is 2.25. The number of aliphatic hydroxyl groups excluding tert-OH is 1. The van der Waals surface area contributed by atoms with E-state index in [4.69, 9.17) is 0 Å². The summed E-state index contributed by atoms with van der Waals surface area (Å²) in [5.41, 5.74) is 3.50. The van der Waals surface area contributed by atoms with Gasteiger partial charge in [0.1, 0.15) is 0 Å². The third-order valence-electron chi connectivity index (χ3n) is 3.53. The molecule has 1 atom stereocenters. The molecule has 0 bridgehead atoms. The number of ether oxygens (including phenoxy) is 1. The molecule has 2 heterocycles. The smallest absolute Gasteiger partial charge is 0.339 e. The molecule has 0 saturated heterocycles. The van der Waals surface area contributed by atoms with Gasteiger partial charge in [-0.05, 0) is 12.5 Å². The van der Waals surface area contributed by atoms with Crippen molar-refractivity contribution in [2.45, 2.75) is 13.0 Å². The van der Waals surface area contributed by atoms with E-state index < -0.39 is 12.1 Å². The van der Waals surface area contributed by atoms with Crippen molar-refractivity contribution in [3.05, 3.63) is 54.0 Å². The fraction of sp³-hybridized carbons (Fsp3) is 0.188. The maximum absolute atomic E-state index is 11.5. The average Bonchev–Trinajstić information content (AvgIpc) is 2.96. The molecule has 112 valence electrons. The van der Waals surface area contributed by atoms with Gasteiger partial charge in [-0.3, -0.25) is 0 Å². The number of aryl methyl sites for hydroxylation is 1. The highest BCUT2D eigenvalue weighted by Gasteiger charge is 2.22. The minimum absolute atomic E-state index is 0.377. The first-order valence-corrected chi connectivity index (χ1v) is 6.78. The third-order valence-corrected chi connectivity index (χ3v) is 3.53. The number of rotatable bonds is 3. The van der Waals surface area contributed by atoms with Crippen LogP contribution in [-0.2, 0) is 9.53 Å². The number of methoxy groups -OCH3 is 1. The SMILES string of the molecule is COC(=O)C(O)c1cn2ncc(-c3ccccc3)c2nc1C. The molecule has 2 aromatic heterocycles. The van der Waals surface area contributed by atoms with Crippen molar-refractivity contribution in [1.82, 2.24) is 14.6 Å². The van der Waals surface area contributed by atoms with E-state index in [0.29, 0.717) is 16.9 Å². The zero-order chi connectivity index (χ0) is 15.7. The Morgan fingerprint density at radius 2 is 2.05 bits per heavy atom. The number of nitrogens with zero attached hydrogens (tertiary/aromatic N) is 3. The van der Waals surface area contributed by atoms with E-state index in [1.54, 1.807) is 23.8 Å². The van der Waals surface area contributed by atoms with Gasteiger partial charge in [0.05, 0.1) is 13.3 Å². The van der Waals surface area contributed by atoms with Crippen LogP contribution in [0.3, 0.4) is 0 Å². The molecule has 1 aromatic carbocycles. The molecular formula is C16H15N3O3. The van der Waals surface area contributed by atoms with Gasteiger partial charge in [-0.2, -0.15) is 5.10 Å². The molecular weight excluding hydrogens is 282 g/mol. The fourth-order valence-electron chi connectivity index (χ4n) is 2.34. The van der Waals surface area contributed by atoms with Crippen LogP contribution < -0.4 is 0 Å². The van der Waals surface area contributed by atoms with Gasteiger partial charge < -0.3 is 9.84 Å². The van der Waals surface area contributed by atoms with Crippen LogP contribution in [0.1, 0.15) is 17.4 Å². The second-order valence-corrected chi connectivity index (χ2v) is 4.90. The van der Waals surface area contributed by atoms with Gasteiger partial charge in [-0.25, -0.2) is 14.3 Å². The Kier molecular flexibility index (Phi) is 3.60. The standard InChI is InChI=1S/C16H15N3O3/c1-10-13(14(20)16(21)22-2)9-19-15(18-10)12(8-17-19)11-6-4-3-5-7-11/h3-9,14,20H,1-2H3. The van der Waals surface area contributed by atoms with Crippen molar-refractivity contribution >= 4 is 11.6 Å². The average molecular weight is 297 g/mol. The minimum atomic E-state index is -1.37. The van der Waals surface area contributed by atoms with Gasteiger partial charge in [-0.15, -0.1) is 0 Å². The number of carbonyl (C=O) groups is 1. The van der Waals surface area contributed by atoms with Crippen LogP contribution >= 0.6 is 0 Å². The molecule has 6 nitrogen and oxygen atoms in total. The van der Waals surface area contributed by atoms with E-state index in [-0.39, 0.29) is 0 Å². The first-order chi connectivity index (χ1) is 10.6. The number of esters is 1. The van der Waals surface area contributed by atoms with Crippen molar-refractivity contribution in [1.29, 1.82) is 0 Å². The maximum atomic E-state index is 11.5. The molecule has 0 aliphatic carbocycles. The van der Waals surface area contributed by atoms with E-state index in [1.165, 1.54) is 7.11 Å². The molecule has 3 rings (SSSR count). The van der Waals surface area contributed by atoms with Crippen LogP contribution in [0.15, 0.2) is 42.7 Å². The van der Waals surface area contributed by atoms with Crippen molar-refractivity contribution in [3.8, 4) is 11.1 Å². The van der Waals surface area contributed by atoms with E-state index >= 15 is 0 Å². The van der Waals surface area contributed by atoms with Crippen LogP contribution in [0.4, 0.5) is 0 Å². The third kappa shape index (κ3) is 2.33. The summed E-state index contributed by atoms with van der Waals surface area (Å²) in [6.45, 7) is 1.74. The van der Waals surface area contributed by atoms with Crippen molar-refractivity contribution in [3.63, 3.8) is 0 Å². The van der Waals surface area contributed by atoms with Gasteiger partial charge in [0, 0.05) is 23.0 Å². The number of aliphatic hydroxyl groups is 1. The number of hydrogen-bond donors (Lipinski definition) is 1. The second kappa shape index (κ2) is 5.57. The molecule has 0 radical (unpaired) electrons. The molecule has 3 aromatic rings. The van der Waals surface area contributed by atoms with E-state index in [0.717, 1.165) is 11.1 Å². The number of fused-ring (bicyclic) bond motifs is 1. The topological polar surface area (TPSA) is 76.7 Å². The molecule has 1 N–H and O–H groups in total. The Morgan fingerprint density at radius 3 is 2.73 bits per heavy atom. The summed E-state index contributed by atoms with van der Waals surface area (Å²) < 4.78 is 6.11. The molecule has 0 aliphatic rings. The van der Waals surface area contributed by atoms with Crippen LogP contribution in [0.5, 0.6) is 0 Å². The minimum Gasteiger partial charge on any atom is -0.467 e. The highest BCUT2D eigenvalue weighted by molar-refractivity contribution is 5.79. The lowest BCUT2D eigenvalue weighted by atomic mass is 10.1. The zero-order valence-electron chi connectivity index (χ0n) is 12.2. The Bertz CT molecular complexity index is 827. The van der Waals surface area contributed by atoms with Gasteiger partial charge in [0.15, 0.2) is 11.8 Å². The summed E-state index contributed by atoms with van der Waals surface area (Å²) in [5, 5.41) is 14.3. The lowest BCUT2D eigenvalue weighted by molar-refractivity contribution is -0.150. The zero-order valence-corrected chi connectivity index (χ0v) is 12.2. The summed E-state index contributed by atoms with van der Waals surface area (Å²) in [6, 6.07) is 9.79. The number of carbonyl (C=O) groups excluding carboxylic acids is 1. The van der Waals surface area contributed by atoms with Crippen molar-refractivity contribution < 1.29 is 14.6 Å². The Hall–Kier alpha value is -2.73. The summed E-state index contributed by atoms with van der Waals surface area (Å²) in [7, 11) is 1.23. The normalized spacial score (nSPS) is 12.3. The summed E-state index contributed by atoms with van der Waals surface area (Å²) in [5.74, 6) is -0.723. The van der Waals surface area contributed by atoms with Crippen LogP contribution in [0.25, 0.3) is 16.8 Å². The second-order valence-electron chi connectivity index (χ2n) is 4.90. The molecule has 0 spiro atoms. The predicted molar refractivity (Wildman–Crippen MR) is 80.1 cm³/mol. The van der Waals surface area contributed by atoms with E-state index in [1.807, 2.05) is 30.3 Å². The number of benzene rings is 1. The molecule has 0 aliphatic heterocycles. The van der Waals surface area contributed by atoms with Gasteiger partial charge in [0.2, 0.25) is 0 Å². The molecule has 0 fully saturated rings. The Balaban J connectivity index is 2.12. The number of aromatic nitrogens is 3. The summed E-state index contributed by atoms with van der Waals surface area (Å²) >= 11 is 0. The van der Waals surface area contributed by atoms with E-state index in [2.05, 4.69) is 14.8 Å². The van der Waals surface area contributed by atoms with E-state index in [9.17, 15) is 9.90 Å². The largest absolute Gasteiger partial charge is 0.467 e. The molecule has 6 heteroatoms. The maximum Gasteiger partial charge on any atom is 0.339 e. The van der Waals surface area contributed by atoms with Crippen LogP contribution in [0.2, 0.25) is 0 Å². The van der Waals surface area contributed by atoms with Crippen molar-refractivity contribution in [2.75, 3.05) is 7.11 Å². The Labute approximate surface area is 127 Å². The number of hydrogen-bond acceptors (Lipinski definition) is 5. The van der Waals surface area contributed by atoms with Crippen molar-refractivity contribution in [2.24, 2.45) is 0 Å². The lowest BCUT2D eigenvalue weighted by Crippen LogP contribution is -2.16. The first kappa shape index (κ1) is 14.2. The highest BCUT2D eigenvalue weighted by atomic mass is 16.5. The summed E-state index contributed by atoms with van der Waals surface area (Å²) in [4.78, 5) is 16.0. The predicted octanol–water partition coefficient (Wildman–Crippen LogP) is 1.91. The molecule has 0 amide bonds. The molecule has 22 heavy (non-hydrogen) atoms. The molecule has 1 unspecified atom stereocenters. The lowest BCUT2D eigenvalue weighted by Gasteiger charge is -2.11. The summed E-state index contributed by atoms with van der Waals surface area (Å²) in [6.07, 6.45) is 1.95. The monoisotopic (exact) mass is 297 g/mol. The van der Waals surface area contributed by atoms with Gasteiger partial charge >= 0.3 is 5.97 Å². The van der Waals surface area contributed by atoms with Crippen LogP contribution in [-0.4, -0.2) is 32.8 Å². The fourth-order valence-corrected chi connectivity index (χ4v) is 2.34.